The van der Waals surface area contributed by atoms with Gasteiger partial charge in [0.15, 0.2) is 11.5 Å². The lowest BCUT2D eigenvalue weighted by molar-refractivity contribution is -0.116. The summed E-state index contributed by atoms with van der Waals surface area (Å²) in [6, 6.07) is 5.30. The van der Waals surface area contributed by atoms with Crippen molar-refractivity contribution in [2.45, 2.75) is 32.4 Å². The van der Waals surface area contributed by atoms with Crippen molar-refractivity contribution in [2.24, 2.45) is 5.73 Å². The van der Waals surface area contributed by atoms with Crippen molar-refractivity contribution in [3.63, 3.8) is 0 Å². The molecule has 8 heteroatoms. The van der Waals surface area contributed by atoms with Gasteiger partial charge < -0.3 is 20.5 Å². The fraction of sp³-hybridized carbons (Fsp3) is 0.438. The van der Waals surface area contributed by atoms with Crippen molar-refractivity contribution in [2.75, 3.05) is 18.5 Å². The summed E-state index contributed by atoms with van der Waals surface area (Å²) >= 11 is 0. The third-order valence-corrected chi connectivity index (χ3v) is 3.35. The van der Waals surface area contributed by atoms with Gasteiger partial charge in [-0.15, -0.1) is 5.10 Å². The Morgan fingerprint density at radius 2 is 2.08 bits per heavy atom. The maximum absolute atomic E-state index is 12.1. The second-order valence-corrected chi connectivity index (χ2v) is 6.48. The first kappa shape index (κ1) is 16.3. The first-order valence-electron chi connectivity index (χ1n) is 7.76. The summed E-state index contributed by atoms with van der Waals surface area (Å²) in [5, 5.41) is 10.8. The first-order valence-corrected chi connectivity index (χ1v) is 7.76. The number of rotatable bonds is 5. The zero-order chi connectivity index (χ0) is 17.2. The molecule has 0 unspecified atom stereocenters. The topological polar surface area (TPSA) is 104 Å². The number of nitrogens with two attached hydrogens (primary N) is 1. The highest BCUT2D eigenvalue weighted by Crippen LogP contribution is 2.32. The summed E-state index contributed by atoms with van der Waals surface area (Å²) in [6.07, 6.45) is 2.33. The van der Waals surface area contributed by atoms with Crippen LogP contribution in [0.4, 0.5) is 5.69 Å². The molecule has 0 saturated heterocycles. The van der Waals surface area contributed by atoms with Crippen LogP contribution in [0.1, 0.15) is 19.5 Å². The predicted octanol–water partition coefficient (Wildman–Crippen LogP) is 0.968. The lowest BCUT2D eigenvalue weighted by atomic mass is 10.0. The van der Waals surface area contributed by atoms with E-state index in [1.54, 1.807) is 24.4 Å². The smallest absolute Gasteiger partial charge is 0.246 e. The first-order chi connectivity index (χ1) is 11.4. The van der Waals surface area contributed by atoms with Crippen molar-refractivity contribution >= 4 is 11.6 Å². The van der Waals surface area contributed by atoms with Crippen molar-refractivity contribution in [1.29, 1.82) is 0 Å². The molecule has 2 aromatic rings. The summed E-state index contributed by atoms with van der Waals surface area (Å²) in [6.45, 7) is 4.95. The third kappa shape index (κ3) is 4.23. The molecule has 8 nitrogen and oxygen atoms in total. The van der Waals surface area contributed by atoms with Crippen LogP contribution in [0.25, 0.3) is 0 Å². The van der Waals surface area contributed by atoms with E-state index in [4.69, 9.17) is 15.2 Å². The van der Waals surface area contributed by atoms with E-state index in [0.29, 0.717) is 36.8 Å². The molecule has 0 atom stereocenters. The van der Waals surface area contributed by atoms with Gasteiger partial charge in [0, 0.05) is 29.9 Å². The summed E-state index contributed by atoms with van der Waals surface area (Å²) in [7, 11) is 0. The molecule has 1 aromatic carbocycles. The molecule has 3 N–H and O–H groups in total. The molecular weight excluding hydrogens is 310 g/mol. The summed E-state index contributed by atoms with van der Waals surface area (Å²) in [5.74, 6) is 1.12. The number of ether oxygens (including phenoxy) is 2. The van der Waals surface area contributed by atoms with Crippen LogP contribution >= 0.6 is 0 Å². The number of anilines is 1. The normalized spacial score (nSPS) is 13.6. The molecule has 0 bridgehead atoms. The molecule has 1 amide bonds. The molecule has 1 aromatic heterocycles. The van der Waals surface area contributed by atoms with Crippen LogP contribution in [0.3, 0.4) is 0 Å². The number of fused-ring (bicyclic) bond motifs is 1. The lowest BCUT2D eigenvalue weighted by Gasteiger charge is -2.19. The number of nitrogens with zero attached hydrogens (tertiary/aromatic N) is 3. The Morgan fingerprint density at radius 3 is 2.83 bits per heavy atom. The molecule has 0 fully saturated rings. The van der Waals surface area contributed by atoms with E-state index in [0.717, 1.165) is 5.69 Å². The predicted molar refractivity (Wildman–Crippen MR) is 88.1 cm³/mol. The van der Waals surface area contributed by atoms with Crippen LogP contribution in [-0.2, 0) is 17.8 Å². The van der Waals surface area contributed by atoms with Gasteiger partial charge in [0.2, 0.25) is 5.91 Å². The highest BCUT2D eigenvalue weighted by molar-refractivity contribution is 5.90. The van der Waals surface area contributed by atoms with Gasteiger partial charge in [-0.2, -0.15) is 0 Å². The van der Waals surface area contributed by atoms with E-state index in [1.165, 1.54) is 4.68 Å². The minimum absolute atomic E-state index is 0.0758. The zero-order valence-corrected chi connectivity index (χ0v) is 13.8. The minimum atomic E-state index is -0.367. The standard InChI is InChI=1S/C16H21N5O3/c1-16(2,17)8-12-9-21(20-19-12)10-15(22)18-11-3-4-13-14(7-11)24-6-5-23-13/h3-4,7,9H,5-6,8,10,17H2,1-2H3,(H,18,22). The van der Waals surface area contributed by atoms with Crippen LogP contribution < -0.4 is 20.5 Å². The lowest BCUT2D eigenvalue weighted by Crippen LogP contribution is -2.34. The molecule has 0 radical (unpaired) electrons. The molecule has 1 aliphatic rings. The van der Waals surface area contributed by atoms with Crippen molar-refractivity contribution in [3.8, 4) is 11.5 Å². The second kappa shape index (κ2) is 6.48. The Morgan fingerprint density at radius 1 is 1.33 bits per heavy atom. The number of carbonyl (C=O) groups is 1. The van der Waals surface area contributed by atoms with Gasteiger partial charge >= 0.3 is 0 Å². The maximum atomic E-state index is 12.1. The van der Waals surface area contributed by atoms with E-state index >= 15 is 0 Å². The number of carbonyl (C=O) groups excluding carboxylic acids is 1. The average Bonchev–Trinajstić information content (AvgIpc) is 2.91. The number of aromatic nitrogens is 3. The molecule has 0 saturated carbocycles. The van der Waals surface area contributed by atoms with Crippen LogP contribution in [-0.4, -0.2) is 39.7 Å². The van der Waals surface area contributed by atoms with E-state index in [-0.39, 0.29) is 18.0 Å². The molecule has 1 aliphatic heterocycles. The van der Waals surface area contributed by atoms with Crippen LogP contribution in [0.15, 0.2) is 24.4 Å². The highest BCUT2D eigenvalue weighted by Gasteiger charge is 2.16. The molecule has 128 valence electrons. The number of hydrogen-bond donors (Lipinski definition) is 2. The molecular formula is C16H21N5O3. The molecule has 24 heavy (non-hydrogen) atoms. The monoisotopic (exact) mass is 331 g/mol. The van der Waals surface area contributed by atoms with Crippen LogP contribution in [0.2, 0.25) is 0 Å². The Hall–Kier alpha value is -2.61. The van der Waals surface area contributed by atoms with Crippen molar-refractivity contribution < 1.29 is 14.3 Å². The van der Waals surface area contributed by atoms with E-state index < -0.39 is 0 Å². The largest absolute Gasteiger partial charge is 0.486 e. The Balaban J connectivity index is 1.59. The Labute approximate surface area is 139 Å². The quantitative estimate of drug-likeness (QED) is 0.846. The number of amides is 1. The fourth-order valence-electron chi connectivity index (χ4n) is 2.43. The summed E-state index contributed by atoms with van der Waals surface area (Å²) in [5.41, 5.74) is 7.00. The van der Waals surface area contributed by atoms with Gasteiger partial charge in [-0.05, 0) is 26.0 Å². The summed E-state index contributed by atoms with van der Waals surface area (Å²) in [4.78, 5) is 12.1. The van der Waals surface area contributed by atoms with Gasteiger partial charge in [-0.3, -0.25) is 4.79 Å². The van der Waals surface area contributed by atoms with Gasteiger partial charge in [0.25, 0.3) is 0 Å². The van der Waals surface area contributed by atoms with Crippen molar-refractivity contribution in [3.05, 3.63) is 30.1 Å². The van der Waals surface area contributed by atoms with Crippen LogP contribution in [0.5, 0.6) is 11.5 Å². The SMILES string of the molecule is CC(C)(N)Cc1cn(CC(=O)Nc2ccc3c(c2)OCCO3)nn1. The van der Waals surface area contributed by atoms with Crippen LogP contribution in [0, 0.1) is 0 Å². The van der Waals surface area contributed by atoms with Gasteiger partial charge in [-0.25, -0.2) is 4.68 Å². The summed E-state index contributed by atoms with van der Waals surface area (Å²) < 4.78 is 12.4. The van der Waals surface area contributed by atoms with E-state index in [1.807, 2.05) is 13.8 Å². The second-order valence-electron chi connectivity index (χ2n) is 6.48. The number of benzene rings is 1. The van der Waals surface area contributed by atoms with E-state index in [2.05, 4.69) is 15.6 Å². The van der Waals surface area contributed by atoms with E-state index in [9.17, 15) is 4.79 Å². The maximum Gasteiger partial charge on any atom is 0.246 e. The number of nitrogens with one attached hydrogen (secondary N) is 1. The Kier molecular flexibility index (Phi) is 4.39. The van der Waals surface area contributed by atoms with Crippen molar-refractivity contribution in [1.82, 2.24) is 15.0 Å². The Bertz CT molecular complexity index is 736. The average molecular weight is 331 g/mol. The molecule has 3 rings (SSSR count). The number of hydrogen-bond acceptors (Lipinski definition) is 6. The molecule has 0 spiro atoms. The highest BCUT2D eigenvalue weighted by atomic mass is 16.6. The van der Waals surface area contributed by atoms with Gasteiger partial charge in [0.05, 0.1) is 5.69 Å². The zero-order valence-electron chi connectivity index (χ0n) is 13.8. The van der Waals surface area contributed by atoms with Gasteiger partial charge in [-0.1, -0.05) is 5.21 Å². The minimum Gasteiger partial charge on any atom is -0.486 e. The fourth-order valence-corrected chi connectivity index (χ4v) is 2.43. The van der Waals surface area contributed by atoms with Gasteiger partial charge in [0.1, 0.15) is 19.8 Å². The third-order valence-electron chi connectivity index (χ3n) is 3.35. The molecule has 0 aliphatic carbocycles. The molecule has 2 heterocycles.